The molecule has 27 heavy (non-hydrogen) atoms. The van der Waals surface area contributed by atoms with Crippen LogP contribution >= 0.6 is 23.1 Å². The van der Waals surface area contributed by atoms with Crippen molar-refractivity contribution >= 4 is 44.5 Å². The summed E-state index contributed by atoms with van der Waals surface area (Å²) in [7, 11) is 0. The summed E-state index contributed by atoms with van der Waals surface area (Å²) in [5, 5.41) is 3.85. The maximum absolute atomic E-state index is 12.1. The largest absolute Gasteiger partial charge is 0.456 e. The Kier molecular flexibility index (Phi) is 4.13. The third-order valence-corrected chi connectivity index (χ3v) is 7.12. The lowest BCUT2D eigenvalue weighted by atomic mass is 9.80. The van der Waals surface area contributed by atoms with Gasteiger partial charge in [0.25, 0.3) is 5.24 Å². The number of ether oxygens (including phenoxy) is 1. The molecule has 5 nitrogen and oxygen atoms in total. The summed E-state index contributed by atoms with van der Waals surface area (Å²) in [5.74, 6) is 1.50. The van der Waals surface area contributed by atoms with Crippen LogP contribution < -0.4 is 10.1 Å². The third-order valence-electron chi connectivity index (χ3n) is 5.09. The van der Waals surface area contributed by atoms with Crippen LogP contribution in [-0.2, 0) is 11.2 Å². The predicted octanol–water partition coefficient (Wildman–Crippen LogP) is 4.86. The third kappa shape index (κ3) is 3.00. The molecular formula is C20H16N2O3S2. The molecule has 1 N–H and O–H groups in total. The molecule has 1 aliphatic carbocycles. The lowest BCUT2D eigenvalue weighted by Gasteiger charge is -2.28. The molecule has 1 aromatic carbocycles. The lowest BCUT2D eigenvalue weighted by molar-refractivity contribution is -0.119. The molecule has 3 aromatic rings. The van der Waals surface area contributed by atoms with E-state index < -0.39 is 0 Å². The van der Waals surface area contributed by atoms with Gasteiger partial charge in [-0.05, 0) is 54.0 Å². The average Bonchev–Trinajstić information content (AvgIpc) is 3.27. The Bertz CT molecular complexity index is 1060. The molecule has 0 radical (unpaired) electrons. The van der Waals surface area contributed by atoms with Gasteiger partial charge in [0.05, 0.1) is 10.2 Å². The van der Waals surface area contributed by atoms with Crippen LogP contribution in [0.15, 0.2) is 41.9 Å². The summed E-state index contributed by atoms with van der Waals surface area (Å²) in [5.41, 5.74) is 3.30. The van der Waals surface area contributed by atoms with E-state index in [0.717, 1.165) is 58.3 Å². The first kappa shape index (κ1) is 16.8. The van der Waals surface area contributed by atoms with Crippen LogP contribution in [-0.4, -0.2) is 21.4 Å². The zero-order valence-electron chi connectivity index (χ0n) is 14.3. The molecule has 2 aliphatic rings. The summed E-state index contributed by atoms with van der Waals surface area (Å²) in [4.78, 5) is 28.0. The molecule has 0 spiro atoms. The van der Waals surface area contributed by atoms with E-state index in [-0.39, 0.29) is 22.3 Å². The average molecular weight is 396 g/mol. The predicted molar refractivity (Wildman–Crippen MR) is 107 cm³/mol. The van der Waals surface area contributed by atoms with Crippen LogP contribution in [0.3, 0.4) is 0 Å². The minimum atomic E-state index is -0.325. The lowest BCUT2D eigenvalue weighted by Crippen LogP contribution is -2.30. The number of fused-ring (bicyclic) bond motifs is 2. The molecule has 0 saturated carbocycles. The Labute approximate surface area is 164 Å². The van der Waals surface area contributed by atoms with Gasteiger partial charge >= 0.3 is 0 Å². The van der Waals surface area contributed by atoms with Crippen LogP contribution in [0.25, 0.3) is 10.2 Å². The van der Waals surface area contributed by atoms with Gasteiger partial charge in [-0.2, -0.15) is 0 Å². The number of aryl methyl sites for hydroxylation is 1. The molecule has 1 unspecified atom stereocenters. The van der Waals surface area contributed by atoms with Gasteiger partial charge in [-0.1, -0.05) is 17.8 Å². The van der Waals surface area contributed by atoms with Crippen molar-refractivity contribution in [2.75, 3.05) is 0 Å². The molecule has 5 rings (SSSR count). The molecule has 7 heteroatoms. The first-order valence-electron chi connectivity index (χ1n) is 8.83. The number of amides is 2. The maximum Gasteiger partial charge on any atom is 0.286 e. The fraction of sp³-hybridized carbons (Fsp3) is 0.250. The summed E-state index contributed by atoms with van der Waals surface area (Å²) in [6.45, 7) is 0. The van der Waals surface area contributed by atoms with Crippen LogP contribution in [0.5, 0.6) is 11.5 Å². The van der Waals surface area contributed by atoms with Crippen molar-refractivity contribution in [1.29, 1.82) is 0 Å². The minimum absolute atomic E-state index is 0.0733. The van der Waals surface area contributed by atoms with E-state index >= 15 is 0 Å². The van der Waals surface area contributed by atoms with Gasteiger partial charge in [-0.3, -0.25) is 19.9 Å². The van der Waals surface area contributed by atoms with Gasteiger partial charge in [0.15, 0.2) is 0 Å². The Morgan fingerprint density at radius 2 is 2.11 bits per heavy atom. The van der Waals surface area contributed by atoms with Crippen LogP contribution in [0.2, 0.25) is 0 Å². The van der Waals surface area contributed by atoms with Crippen molar-refractivity contribution < 1.29 is 14.3 Å². The molecule has 0 bridgehead atoms. The molecule has 2 atom stereocenters. The Hall–Kier alpha value is -2.38. The van der Waals surface area contributed by atoms with E-state index in [1.165, 1.54) is 5.56 Å². The van der Waals surface area contributed by atoms with E-state index in [1.54, 1.807) is 17.5 Å². The first-order valence-corrected chi connectivity index (χ1v) is 10.6. The van der Waals surface area contributed by atoms with E-state index in [2.05, 4.69) is 22.4 Å². The van der Waals surface area contributed by atoms with Crippen molar-refractivity contribution in [3.63, 3.8) is 0 Å². The standard InChI is InChI=1S/C20H16N2O3S2/c23-19-17(27-20(24)22-19)14-3-1-2-11-10-12(4-5-13(11)14)25-16-6-8-21-15-7-9-26-18(15)16/h4-10,14,17H,1-3H2,(H,22,23,24)/t14-,17?/m1/s1. The number of imide groups is 1. The molecular weight excluding hydrogens is 380 g/mol. The number of nitrogens with zero attached hydrogens (tertiary/aromatic N) is 1. The molecule has 136 valence electrons. The van der Waals surface area contributed by atoms with Crippen molar-refractivity contribution in [3.05, 3.63) is 53.0 Å². The number of rotatable bonds is 3. The zero-order chi connectivity index (χ0) is 18.4. The molecule has 1 saturated heterocycles. The van der Waals surface area contributed by atoms with Crippen LogP contribution in [0.4, 0.5) is 4.79 Å². The van der Waals surface area contributed by atoms with Crippen molar-refractivity contribution in [2.24, 2.45) is 0 Å². The highest BCUT2D eigenvalue weighted by atomic mass is 32.2. The number of pyridine rings is 1. The Balaban J connectivity index is 1.45. The molecule has 2 amide bonds. The highest BCUT2D eigenvalue weighted by Gasteiger charge is 2.40. The maximum atomic E-state index is 12.1. The number of hydrogen-bond acceptors (Lipinski definition) is 6. The second-order valence-electron chi connectivity index (χ2n) is 6.72. The monoisotopic (exact) mass is 396 g/mol. The van der Waals surface area contributed by atoms with E-state index in [4.69, 9.17) is 4.74 Å². The summed E-state index contributed by atoms with van der Waals surface area (Å²) in [6, 6.07) is 9.94. The fourth-order valence-corrected chi connectivity index (χ4v) is 5.70. The summed E-state index contributed by atoms with van der Waals surface area (Å²) < 4.78 is 7.18. The van der Waals surface area contributed by atoms with E-state index in [1.807, 2.05) is 23.6 Å². The number of aromatic nitrogens is 1. The topological polar surface area (TPSA) is 68.3 Å². The molecule has 2 aromatic heterocycles. The van der Waals surface area contributed by atoms with Crippen molar-refractivity contribution in [1.82, 2.24) is 10.3 Å². The number of nitrogens with one attached hydrogen (secondary N) is 1. The summed E-state index contributed by atoms with van der Waals surface area (Å²) >= 11 is 2.73. The fourth-order valence-electron chi connectivity index (χ4n) is 3.90. The molecule has 1 fully saturated rings. The van der Waals surface area contributed by atoms with Gasteiger partial charge in [-0.15, -0.1) is 11.3 Å². The van der Waals surface area contributed by atoms with Gasteiger partial charge in [0, 0.05) is 18.2 Å². The number of carbonyl (C=O) groups is 2. The number of hydrogen-bond donors (Lipinski definition) is 1. The van der Waals surface area contributed by atoms with Crippen molar-refractivity contribution in [2.45, 2.75) is 30.4 Å². The second kappa shape index (κ2) is 6.65. The van der Waals surface area contributed by atoms with Crippen LogP contribution in [0, 0.1) is 0 Å². The highest BCUT2D eigenvalue weighted by Crippen LogP contribution is 2.42. The molecule has 1 aliphatic heterocycles. The Morgan fingerprint density at radius 1 is 1.19 bits per heavy atom. The smallest absolute Gasteiger partial charge is 0.286 e. The quantitative estimate of drug-likeness (QED) is 0.685. The zero-order valence-corrected chi connectivity index (χ0v) is 15.9. The van der Waals surface area contributed by atoms with Gasteiger partial charge in [0.1, 0.15) is 16.7 Å². The summed E-state index contributed by atoms with van der Waals surface area (Å²) in [6.07, 6.45) is 4.64. The minimum Gasteiger partial charge on any atom is -0.456 e. The number of benzene rings is 1. The second-order valence-corrected chi connectivity index (χ2v) is 8.75. The normalized spacial score (nSPS) is 21.9. The highest BCUT2D eigenvalue weighted by molar-refractivity contribution is 8.15. The number of thiophene rings is 1. The number of thioether (sulfide) groups is 1. The first-order chi connectivity index (χ1) is 13.2. The Morgan fingerprint density at radius 3 is 2.96 bits per heavy atom. The number of carbonyl (C=O) groups excluding carboxylic acids is 2. The van der Waals surface area contributed by atoms with Gasteiger partial charge < -0.3 is 4.74 Å². The van der Waals surface area contributed by atoms with Crippen LogP contribution in [0.1, 0.15) is 29.9 Å². The molecule has 3 heterocycles. The van der Waals surface area contributed by atoms with Gasteiger partial charge in [-0.25, -0.2) is 0 Å². The van der Waals surface area contributed by atoms with E-state index in [9.17, 15) is 9.59 Å². The van der Waals surface area contributed by atoms with Crippen molar-refractivity contribution in [3.8, 4) is 11.5 Å². The van der Waals surface area contributed by atoms with Gasteiger partial charge in [0.2, 0.25) is 5.91 Å². The van der Waals surface area contributed by atoms with E-state index in [0.29, 0.717) is 0 Å². The SMILES string of the molecule is O=C1NC(=O)C([C@@H]2CCCc3cc(Oc4ccnc5ccsc45)ccc32)S1.